The van der Waals surface area contributed by atoms with Gasteiger partial charge in [-0.15, -0.1) is 0 Å². The van der Waals surface area contributed by atoms with Crippen LogP contribution in [-0.4, -0.2) is 23.1 Å². The SMILES string of the molecule is NN(CCCN(N)Cc1ccccc1)Cc1ccccc1. The predicted octanol–water partition coefficient (Wildman–Crippen LogP) is 2.13. The standard InChI is InChI=1S/C17H24N4/c18-20(14-16-8-3-1-4-9-16)12-7-13-21(19)15-17-10-5-2-6-11-17/h1-6,8-11H,7,12-15,18-19H2. The lowest BCUT2D eigenvalue weighted by molar-refractivity contribution is 0.223. The third-order valence-corrected chi connectivity index (χ3v) is 3.35. The Hall–Kier alpha value is -1.72. The first-order valence-electron chi connectivity index (χ1n) is 7.31. The number of hydrazine groups is 2. The summed E-state index contributed by atoms with van der Waals surface area (Å²) < 4.78 is 0. The summed E-state index contributed by atoms with van der Waals surface area (Å²) in [4.78, 5) is 0. The molecule has 0 aromatic heterocycles. The number of hydrogen-bond acceptors (Lipinski definition) is 4. The molecule has 0 saturated heterocycles. The number of benzene rings is 2. The van der Waals surface area contributed by atoms with E-state index in [-0.39, 0.29) is 0 Å². The molecule has 0 heterocycles. The van der Waals surface area contributed by atoms with Crippen molar-refractivity contribution in [2.24, 2.45) is 11.7 Å². The van der Waals surface area contributed by atoms with Crippen molar-refractivity contribution in [2.45, 2.75) is 19.5 Å². The van der Waals surface area contributed by atoms with Crippen LogP contribution in [0.15, 0.2) is 60.7 Å². The van der Waals surface area contributed by atoms with Gasteiger partial charge in [0.25, 0.3) is 0 Å². The van der Waals surface area contributed by atoms with Crippen molar-refractivity contribution in [2.75, 3.05) is 13.1 Å². The maximum atomic E-state index is 6.02. The molecule has 0 amide bonds. The van der Waals surface area contributed by atoms with Crippen LogP contribution in [0.3, 0.4) is 0 Å². The molecule has 0 saturated carbocycles. The van der Waals surface area contributed by atoms with Gasteiger partial charge in [-0.05, 0) is 17.5 Å². The molecule has 0 spiro atoms. The first kappa shape index (κ1) is 15.7. The second kappa shape index (κ2) is 8.54. The van der Waals surface area contributed by atoms with E-state index in [2.05, 4.69) is 24.3 Å². The third-order valence-electron chi connectivity index (χ3n) is 3.35. The van der Waals surface area contributed by atoms with E-state index in [0.717, 1.165) is 32.6 Å². The third kappa shape index (κ3) is 6.06. The lowest BCUT2D eigenvalue weighted by Crippen LogP contribution is -2.36. The van der Waals surface area contributed by atoms with Crippen LogP contribution in [0, 0.1) is 0 Å². The topological polar surface area (TPSA) is 58.5 Å². The Morgan fingerprint density at radius 2 is 1.00 bits per heavy atom. The molecule has 21 heavy (non-hydrogen) atoms. The normalized spacial score (nSPS) is 11.2. The van der Waals surface area contributed by atoms with Gasteiger partial charge in [-0.1, -0.05) is 60.7 Å². The van der Waals surface area contributed by atoms with E-state index in [9.17, 15) is 0 Å². The number of hydrogen-bond donors (Lipinski definition) is 2. The highest BCUT2D eigenvalue weighted by atomic mass is 15.4. The van der Waals surface area contributed by atoms with Crippen LogP contribution >= 0.6 is 0 Å². The molecular weight excluding hydrogens is 260 g/mol. The minimum absolute atomic E-state index is 0.768. The molecule has 0 fully saturated rings. The fourth-order valence-electron chi connectivity index (χ4n) is 2.27. The monoisotopic (exact) mass is 284 g/mol. The summed E-state index contributed by atoms with van der Waals surface area (Å²) in [6, 6.07) is 20.5. The van der Waals surface area contributed by atoms with Gasteiger partial charge in [0.15, 0.2) is 0 Å². The van der Waals surface area contributed by atoms with Crippen molar-refractivity contribution in [1.29, 1.82) is 0 Å². The predicted molar refractivity (Wildman–Crippen MR) is 86.7 cm³/mol. The Balaban J connectivity index is 1.64. The van der Waals surface area contributed by atoms with Gasteiger partial charge in [0, 0.05) is 26.2 Å². The van der Waals surface area contributed by atoms with E-state index >= 15 is 0 Å². The Morgan fingerprint density at radius 3 is 1.38 bits per heavy atom. The highest BCUT2D eigenvalue weighted by Gasteiger charge is 2.03. The van der Waals surface area contributed by atoms with Gasteiger partial charge in [0.05, 0.1) is 0 Å². The molecule has 2 rings (SSSR count). The molecule has 4 heteroatoms. The number of rotatable bonds is 8. The molecule has 0 aliphatic rings. The van der Waals surface area contributed by atoms with Gasteiger partial charge in [-0.25, -0.2) is 10.0 Å². The van der Waals surface area contributed by atoms with E-state index in [1.165, 1.54) is 11.1 Å². The van der Waals surface area contributed by atoms with Crippen molar-refractivity contribution in [1.82, 2.24) is 10.0 Å². The summed E-state index contributed by atoms with van der Waals surface area (Å²) in [5, 5.41) is 3.68. The Labute approximate surface area is 126 Å². The zero-order valence-electron chi connectivity index (χ0n) is 12.4. The largest absolute Gasteiger partial charge is 0.268 e. The van der Waals surface area contributed by atoms with Gasteiger partial charge in [-0.2, -0.15) is 0 Å². The van der Waals surface area contributed by atoms with Crippen LogP contribution in [0.5, 0.6) is 0 Å². The molecule has 2 aromatic rings. The van der Waals surface area contributed by atoms with Crippen molar-refractivity contribution >= 4 is 0 Å². The summed E-state index contributed by atoms with van der Waals surface area (Å²) >= 11 is 0. The molecule has 0 unspecified atom stereocenters. The molecule has 2 aromatic carbocycles. The second-order valence-corrected chi connectivity index (χ2v) is 5.27. The smallest absolute Gasteiger partial charge is 0.0379 e. The van der Waals surface area contributed by atoms with Gasteiger partial charge in [-0.3, -0.25) is 11.7 Å². The maximum absolute atomic E-state index is 6.02. The van der Waals surface area contributed by atoms with Crippen LogP contribution in [0.25, 0.3) is 0 Å². The van der Waals surface area contributed by atoms with Gasteiger partial charge in [0.1, 0.15) is 0 Å². The number of nitrogens with zero attached hydrogens (tertiary/aromatic N) is 2. The van der Waals surface area contributed by atoms with Crippen LogP contribution in [0.4, 0.5) is 0 Å². The number of nitrogens with two attached hydrogens (primary N) is 2. The van der Waals surface area contributed by atoms with E-state index < -0.39 is 0 Å². The Morgan fingerprint density at radius 1 is 0.619 bits per heavy atom. The van der Waals surface area contributed by atoms with E-state index in [1.807, 2.05) is 46.4 Å². The lowest BCUT2D eigenvalue weighted by Gasteiger charge is -2.20. The highest BCUT2D eigenvalue weighted by Crippen LogP contribution is 2.03. The minimum Gasteiger partial charge on any atom is -0.268 e. The minimum atomic E-state index is 0.768. The molecule has 0 aliphatic carbocycles. The van der Waals surface area contributed by atoms with Gasteiger partial charge in [0.2, 0.25) is 0 Å². The summed E-state index contributed by atoms with van der Waals surface area (Å²) in [7, 11) is 0. The zero-order chi connectivity index (χ0) is 14.9. The second-order valence-electron chi connectivity index (χ2n) is 5.27. The summed E-state index contributed by atoms with van der Waals surface area (Å²) in [5.41, 5.74) is 2.46. The quantitative estimate of drug-likeness (QED) is 0.576. The zero-order valence-corrected chi connectivity index (χ0v) is 12.4. The van der Waals surface area contributed by atoms with Crippen LogP contribution < -0.4 is 11.7 Å². The Kier molecular flexibility index (Phi) is 6.37. The van der Waals surface area contributed by atoms with E-state index in [1.54, 1.807) is 0 Å². The molecule has 112 valence electrons. The first-order chi connectivity index (χ1) is 10.2. The average molecular weight is 284 g/mol. The molecule has 0 atom stereocenters. The molecule has 0 aliphatic heterocycles. The Bertz CT molecular complexity index is 453. The van der Waals surface area contributed by atoms with Crippen molar-refractivity contribution in [3.05, 3.63) is 71.8 Å². The summed E-state index contributed by atoms with van der Waals surface area (Å²) in [6.45, 7) is 3.20. The molecular formula is C17H24N4. The summed E-state index contributed by atoms with van der Waals surface area (Å²) in [5.74, 6) is 12.0. The van der Waals surface area contributed by atoms with Crippen LogP contribution in [0.1, 0.15) is 17.5 Å². The summed E-state index contributed by atoms with van der Waals surface area (Å²) in [6.07, 6.45) is 0.951. The van der Waals surface area contributed by atoms with Crippen LogP contribution in [-0.2, 0) is 13.1 Å². The van der Waals surface area contributed by atoms with Crippen molar-refractivity contribution in [3.63, 3.8) is 0 Å². The fraction of sp³-hybridized carbons (Fsp3) is 0.294. The van der Waals surface area contributed by atoms with Gasteiger partial charge < -0.3 is 0 Å². The lowest BCUT2D eigenvalue weighted by atomic mass is 10.2. The van der Waals surface area contributed by atoms with Crippen molar-refractivity contribution < 1.29 is 0 Å². The highest BCUT2D eigenvalue weighted by molar-refractivity contribution is 5.14. The van der Waals surface area contributed by atoms with Crippen molar-refractivity contribution in [3.8, 4) is 0 Å². The van der Waals surface area contributed by atoms with E-state index in [0.29, 0.717) is 0 Å². The van der Waals surface area contributed by atoms with Crippen LogP contribution in [0.2, 0.25) is 0 Å². The average Bonchev–Trinajstić information content (AvgIpc) is 2.49. The maximum Gasteiger partial charge on any atom is 0.0379 e. The van der Waals surface area contributed by atoms with Gasteiger partial charge >= 0.3 is 0 Å². The molecule has 4 N–H and O–H groups in total. The van der Waals surface area contributed by atoms with E-state index in [4.69, 9.17) is 11.7 Å². The first-order valence-corrected chi connectivity index (χ1v) is 7.31. The fourth-order valence-corrected chi connectivity index (χ4v) is 2.27. The molecule has 4 nitrogen and oxygen atoms in total. The molecule has 0 radical (unpaired) electrons. The molecule has 0 bridgehead atoms.